The van der Waals surface area contributed by atoms with E-state index >= 15 is 0 Å². The normalized spacial score (nSPS) is 12.5. The molecule has 7 heteroatoms. The van der Waals surface area contributed by atoms with E-state index in [9.17, 15) is 4.79 Å². The zero-order valence-electron chi connectivity index (χ0n) is 11.3. The number of halogens is 1. The van der Waals surface area contributed by atoms with Gasteiger partial charge in [0.05, 0.1) is 28.3 Å². The van der Waals surface area contributed by atoms with Crippen LogP contribution in [0.5, 0.6) is 0 Å². The molecule has 2 aromatic rings. The average molecular weight is 282 g/mol. The molecule has 1 N–H and O–H groups in total. The van der Waals surface area contributed by atoms with Crippen LogP contribution in [-0.2, 0) is 11.8 Å². The number of carbonyl (C=O) groups excluding carboxylic acids is 1. The lowest BCUT2D eigenvalue weighted by Gasteiger charge is -2.14. The van der Waals surface area contributed by atoms with Gasteiger partial charge in [0.15, 0.2) is 0 Å². The van der Waals surface area contributed by atoms with Gasteiger partial charge in [-0.05, 0) is 20.8 Å². The van der Waals surface area contributed by atoms with E-state index in [4.69, 9.17) is 11.6 Å². The van der Waals surface area contributed by atoms with Crippen molar-refractivity contribution in [2.75, 3.05) is 5.32 Å². The summed E-state index contributed by atoms with van der Waals surface area (Å²) in [5.74, 6) is -0.154. The topological polar surface area (TPSA) is 64.7 Å². The second-order valence-electron chi connectivity index (χ2n) is 4.49. The second kappa shape index (κ2) is 5.05. The van der Waals surface area contributed by atoms with E-state index < -0.39 is 6.04 Å². The van der Waals surface area contributed by atoms with E-state index in [0.717, 1.165) is 11.4 Å². The van der Waals surface area contributed by atoms with Crippen molar-refractivity contribution >= 4 is 23.2 Å². The minimum Gasteiger partial charge on any atom is -0.321 e. The Balaban J connectivity index is 2.16. The first-order valence-electron chi connectivity index (χ1n) is 5.91. The summed E-state index contributed by atoms with van der Waals surface area (Å²) in [6.45, 7) is 5.45. The minimum absolute atomic E-state index is 0.154. The Labute approximate surface area is 116 Å². The van der Waals surface area contributed by atoms with Crippen LogP contribution < -0.4 is 5.32 Å². The van der Waals surface area contributed by atoms with Crippen LogP contribution in [0.4, 0.5) is 5.69 Å². The fraction of sp³-hybridized carbons (Fsp3) is 0.417. The summed E-state index contributed by atoms with van der Waals surface area (Å²) >= 11 is 5.94. The summed E-state index contributed by atoms with van der Waals surface area (Å²) < 4.78 is 3.26. The Morgan fingerprint density at radius 3 is 2.63 bits per heavy atom. The molecule has 2 rings (SSSR count). The zero-order valence-corrected chi connectivity index (χ0v) is 12.1. The van der Waals surface area contributed by atoms with Crippen LogP contribution in [0.2, 0.25) is 5.02 Å². The molecule has 102 valence electrons. The highest BCUT2D eigenvalue weighted by molar-refractivity contribution is 6.31. The van der Waals surface area contributed by atoms with Crippen LogP contribution in [0.25, 0.3) is 0 Å². The van der Waals surface area contributed by atoms with Gasteiger partial charge < -0.3 is 5.32 Å². The molecule has 2 aromatic heterocycles. The van der Waals surface area contributed by atoms with Crippen LogP contribution in [0.1, 0.15) is 24.4 Å². The number of amides is 1. The monoisotopic (exact) mass is 281 g/mol. The highest BCUT2D eigenvalue weighted by Crippen LogP contribution is 2.19. The van der Waals surface area contributed by atoms with Gasteiger partial charge in [0, 0.05) is 13.2 Å². The van der Waals surface area contributed by atoms with E-state index in [2.05, 4.69) is 15.5 Å². The van der Waals surface area contributed by atoms with Crippen LogP contribution in [0.3, 0.4) is 0 Å². The summed E-state index contributed by atoms with van der Waals surface area (Å²) in [6, 6.07) is -0.438. The first-order valence-corrected chi connectivity index (χ1v) is 6.28. The summed E-state index contributed by atoms with van der Waals surface area (Å²) in [5.41, 5.74) is 2.25. The van der Waals surface area contributed by atoms with Gasteiger partial charge in [-0.2, -0.15) is 10.2 Å². The maximum Gasteiger partial charge on any atom is 0.249 e. The van der Waals surface area contributed by atoms with Gasteiger partial charge >= 0.3 is 0 Å². The molecule has 0 bridgehead atoms. The molecule has 0 aromatic carbocycles. The van der Waals surface area contributed by atoms with Crippen molar-refractivity contribution in [3.8, 4) is 0 Å². The molecular weight excluding hydrogens is 266 g/mol. The number of hydrogen-bond acceptors (Lipinski definition) is 3. The highest BCUT2D eigenvalue weighted by atomic mass is 35.5. The average Bonchev–Trinajstić information content (AvgIpc) is 2.83. The molecule has 0 spiro atoms. The van der Waals surface area contributed by atoms with Crippen molar-refractivity contribution in [3.63, 3.8) is 0 Å². The molecule has 1 amide bonds. The van der Waals surface area contributed by atoms with Crippen LogP contribution in [0.15, 0.2) is 12.4 Å². The summed E-state index contributed by atoms with van der Waals surface area (Å²) in [5, 5.41) is 11.7. The van der Waals surface area contributed by atoms with E-state index in [-0.39, 0.29) is 5.91 Å². The highest BCUT2D eigenvalue weighted by Gasteiger charge is 2.19. The number of aryl methyl sites for hydroxylation is 2. The first-order chi connectivity index (χ1) is 8.90. The van der Waals surface area contributed by atoms with Gasteiger partial charge in [0.2, 0.25) is 5.91 Å². The molecule has 0 saturated carbocycles. The lowest BCUT2D eigenvalue weighted by molar-refractivity contribution is -0.119. The molecule has 1 unspecified atom stereocenters. The smallest absolute Gasteiger partial charge is 0.249 e. The molecule has 6 nitrogen and oxygen atoms in total. The van der Waals surface area contributed by atoms with Crippen molar-refractivity contribution in [2.45, 2.75) is 26.8 Å². The quantitative estimate of drug-likeness (QED) is 0.937. The van der Waals surface area contributed by atoms with Crippen molar-refractivity contribution in [1.82, 2.24) is 19.6 Å². The maximum atomic E-state index is 12.2. The lowest BCUT2D eigenvalue weighted by atomic mass is 10.3. The lowest BCUT2D eigenvalue weighted by Crippen LogP contribution is -2.25. The number of rotatable bonds is 3. The zero-order chi connectivity index (χ0) is 14.2. The molecule has 1 atom stereocenters. The van der Waals surface area contributed by atoms with Gasteiger partial charge in [-0.3, -0.25) is 14.2 Å². The predicted octanol–water partition coefficient (Wildman–Crippen LogP) is 2.09. The number of carbonyl (C=O) groups is 1. The van der Waals surface area contributed by atoms with Crippen molar-refractivity contribution < 1.29 is 4.79 Å². The largest absolute Gasteiger partial charge is 0.321 e. The first kappa shape index (κ1) is 13.6. The van der Waals surface area contributed by atoms with E-state index in [1.54, 1.807) is 22.5 Å². The number of aromatic nitrogens is 4. The molecule has 0 aliphatic rings. The van der Waals surface area contributed by atoms with E-state index in [1.165, 1.54) is 6.20 Å². The molecule has 0 aliphatic carbocycles. The third kappa shape index (κ3) is 2.63. The third-order valence-electron chi connectivity index (χ3n) is 3.00. The minimum atomic E-state index is -0.438. The molecule has 0 saturated heterocycles. The summed E-state index contributed by atoms with van der Waals surface area (Å²) in [6.07, 6.45) is 3.30. The standard InChI is InChI=1S/C12H16ClN5O/c1-7-11(6-17(4)16-7)15-12(19)9(3)18-8(2)10(13)5-14-18/h5-6,9H,1-4H3,(H,15,19). The molecule has 2 heterocycles. The molecule has 19 heavy (non-hydrogen) atoms. The Hall–Kier alpha value is -1.82. The third-order valence-corrected chi connectivity index (χ3v) is 3.37. The Bertz CT molecular complexity index is 616. The number of nitrogens with zero attached hydrogens (tertiary/aromatic N) is 4. The van der Waals surface area contributed by atoms with Crippen LogP contribution in [0, 0.1) is 13.8 Å². The molecule has 0 radical (unpaired) electrons. The van der Waals surface area contributed by atoms with E-state index in [0.29, 0.717) is 10.7 Å². The fourth-order valence-electron chi connectivity index (χ4n) is 1.86. The predicted molar refractivity (Wildman–Crippen MR) is 73.3 cm³/mol. The van der Waals surface area contributed by atoms with Crippen LogP contribution >= 0.6 is 11.6 Å². The molecular formula is C12H16ClN5O. The van der Waals surface area contributed by atoms with Crippen molar-refractivity contribution in [3.05, 3.63) is 28.8 Å². The maximum absolute atomic E-state index is 12.2. The van der Waals surface area contributed by atoms with Crippen LogP contribution in [-0.4, -0.2) is 25.5 Å². The fourth-order valence-corrected chi connectivity index (χ4v) is 1.99. The Kier molecular flexibility index (Phi) is 3.61. The molecule has 0 aliphatic heterocycles. The number of nitrogens with one attached hydrogen (secondary N) is 1. The summed E-state index contributed by atoms with van der Waals surface area (Å²) in [4.78, 5) is 12.2. The van der Waals surface area contributed by atoms with Gasteiger partial charge in [-0.25, -0.2) is 0 Å². The SMILES string of the molecule is Cc1nn(C)cc1NC(=O)C(C)n1ncc(Cl)c1C. The Morgan fingerprint density at radius 1 is 1.47 bits per heavy atom. The van der Waals surface area contributed by atoms with Gasteiger partial charge in [0.25, 0.3) is 0 Å². The number of hydrogen-bond donors (Lipinski definition) is 1. The van der Waals surface area contributed by atoms with Gasteiger partial charge in [-0.15, -0.1) is 0 Å². The second-order valence-corrected chi connectivity index (χ2v) is 4.90. The van der Waals surface area contributed by atoms with Crippen molar-refractivity contribution in [1.29, 1.82) is 0 Å². The van der Waals surface area contributed by atoms with Gasteiger partial charge in [0.1, 0.15) is 6.04 Å². The Morgan fingerprint density at radius 2 is 2.16 bits per heavy atom. The summed E-state index contributed by atoms with van der Waals surface area (Å²) in [7, 11) is 1.81. The van der Waals surface area contributed by atoms with Gasteiger partial charge in [-0.1, -0.05) is 11.6 Å². The van der Waals surface area contributed by atoms with E-state index in [1.807, 2.05) is 20.9 Å². The van der Waals surface area contributed by atoms with Crippen molar-refractivity contribution in [2.24, 2.45) is 7.05 Å². The molecule has 0 fully saturated rings. The number of anilines is 1.